The van der Waals surface area contributed by atoms with Crippen LogP contribution in [-0.4, -0.2) is 17.6 Å². The van der Waals surface area contributed by atoms with Crippen LogP contribution in [0.4, 0.5) is 5.69 Å². The first-order valence-corrected chi connectivity index (χ1v) is 11.0. The van der Waals surface area contributed by atoms with Gasteiger partial charge in [0.2, 0.25) is 0 Å². The predicted octanol–water partition coefficient (Wildman–Crippen LogP) is 5.14. The number of piperidine rings is 1. The number of nitrogens with two attached hydrogens (primary N) is 1. The Morgan fingerprint density at radius 1 is 1.48 bits per heavy atom. The van der Waals surface area contributed by atoms with Gasteiger partial charge in [0.05, 0.1) is 26.4 Å². The normalized spacial score (nSPS) is 20.9. The lowest BCUT2D eigenvalue weighted by Gasteiger charge is -2.29. The van der Waals surface area contributed by atoms with E-state index in [1.54, 1.807) is 22.7 Å². The summed E-state index contributed by atoms with van der Waals surface area (Å²) in [7, 11) is 0. The van der Waals surface area contributed by atoms with Gasteiger partial charge in [0.25, 0.3) is 0 Å². The van der Waals surface area contributed by atoms with Crippen molar-refractivity contribution < 1.29 is 0 Å². The van der Waals surface area contributed by atoms with Crippen molar-refractivity contribution in [2.24, 2.45) is 5.73 Å². The number of thiophene rings is 2. The Hall–Kier alpha value is -0.700. The van der Waals surface area contributed by atoms with Gasteiger partial charge in [0.15, 0.2) is 0 Å². The van der Waals surface area contributed by atoms with Gasteiger partial charge in [-0.15, -0.1) is 22.7 Å². The third kappa shape index (κ3) is 3.59. The summed E-state index contributed by atoms with van der Waals surface area (Å²) in [6.45, 7) is 1.77. The molecule has 4 nitrogen and oxygen atoms in total. The Bertz CT molecular complexity index is 881. The quantitative estimate of drug-likeness (QED) is 0.475. The van der Waals surface area contributed by atoms with E-state index in [0.717, 1.165) is 46.3 Å². The Morgan fingerprint density at radius 2 is 2.36 bits per heavy atom. The Balaban J connectivity index is 1.72. The van der Waals surface area contributed by atoms with E-state index in [4.69, 9.17) is 17.3 Å². The molecule has 0 radical (unpaired) electrons. The summed E-state index contributed by atoms with van der Waals surface area (Å²) in [5.74, 6) is 0. The summed E-state index contributed by atoms with van der Waals surface area (Å²) in [5.41, 5.74) is 8.28. The average Bonchev–Trinajstić information content (AvgIpc) is 3.22. The van der Waals surface area contributed by atoms with Crippen molar-refractivity contribution in [3.63, 3.8) is 0 Å². The van der Waals surface area contributed by atoms with Gasteiger partial charge in [0, 0.05) is 28.4 Å². The molecule has 8 heteroatoms. The van der Waals surface area contributed by atoms with Gasteiger partial charge in [-0.25, -0.2) is 4.98 Å². The maximum absolute atomic E-state index is 6.36. The molecule has 1 aliphatic heterocycles. The van der Waals surface area contributed by atoms with Gasteiger partial charge in [-0.05, 0) is 46.8 Å². The molecule has 1 fully saturated rings. The molecule has 0 spiro atoms. The highest BCUT2D eigenvalue weighted by atomic mass is 79.9. The Labute approximate surface area is 167 Å². The largest absolute Gasteiger partial charge is 0.379 e. The first-order valence-electron chi connectivity index (χ1n) is 8.17. The van der Waals surface area contributed by atoms with Crippen LogP contribution < -0.4 is 16.4 Å². The fraction of sp³-hybridized carbons (Fsp3) is 0.353. The third-order valence-electron chi connectivity index (χ3n) is 4.40. The second-order valence-electron chi connectivity index (χ2n) is 6.12. The summed E-state index contributed by atoms with van der Waals surface area (Å²) in [6.07, 6.45) is 2.16. The molecule has 0 aromatic carbocycles. The number of pyridine rings is 1. The first-order chi connectivity index (χ1) is 12.1. The van der Waals surface area contributed by atoms with Crippen LogP contribution in [0.15, 0.2) is 28.1 Å². The van der Waals surface area contributed by atoms with E-state index in [2.05, 4.69) is 49.1 Å². The molecule has 3 aromatic rings. The van der Waals surface area contributed by atoms with Crippen molar-refractivity contribution in [1.29, 1.82) is 0 Å². The zero-order chi connectivity index (χ0) is 17.4. The molecular weight excluding hydrogens is 440 g/mol. The van der Waals surface area contributed by atoms with Crippen LogP contribution in [0.1, 0.15) is 28.6 Å². The number of anilines is 1. The molecule has 4 heterocycles. The van der Waals surface area contributed by atoms with E-state index in [1.165, 1.54) is 9.75 Å². The van der Waals surface area contributed by atoms with Crippen molar-refractivity contribution >= 4 is 66.1 Å². The topological polar surface area (TPSA) is 63.0 Å². The molecule has 0 saturated carbocycles. The smallest absolute Gasteiger partial charge is 0.131 e. The summed E-state index contributed by atoms with van der Waals surface area (Å²) in [4.78, 5) is 7.03. The summed E-state index contributed by atoms with van der Waals surface area (Å²) < 4.78 is 2.12. The van der Waals surface area contributed by atoms with E-state index >= 15 is 0 Å². The SMILES string of the molecule is N[C@H]1CCCN[C@@H]1c1sc2c(NCc3cccs3)cc(Cl)nc2c1Br. The molecule has 4 N–H and O–H groups in total. The minimum Gasteiger partial charge on any atom is -0.379 e. The third-order valence-corrected chi connectivity index (χ3v) is 7.83. The predicted molar refractivity (Wildman–Crippen MR) is 112 cm³/mol. The second-order valence-corrected chi connectivity index (χ2v) is 9.39. The molecule has 132 valence electrons. The van der Waals surface area contributed by atoms with E-state index in [9.17, 15) is 0 Å². The van der Waals surface area contributed by atoms with E-state index in [1.807, 2.05) is 6.07 Å². The van der Waals surface area contributed by atoms with Crippen LogP contribution in [0.3, 0.4) is 0 Å². The van der Waals surface area contributed by atoms with Gasteiger partial charge in [-0.3, -0.25) is 0 Å². The number of nitrogens with one attached hydrogen (secondary N) is 2. The second kappa shape index (κ2) is 7.50. The number of aromatic nitrogens is 1. The minimum atomic E-state index is 0.121. The summed E-state index contributed by atoms with van der Waals surface area (Å²) in [5, 5.41) is 9.64. The summed E-state index contributed by atoms with van der Waals surface area (Å²) >= 11 is 13.5. The molecule has 3 aromatic heterocycles. The van der Waals surface area contributed by atoms with Crippen LogP contribution in [0.5, 0.6) is 0 Å². The molecule has 1 saturated heterocycles. The lowest BCUT2D eigenvalue weighted by molar-refractivity contribution is 0.362. The van der Waals surface area contributed by atoms with Crippen molar-refractivity contribution in [3.05, 3.63) is 43.0 Å². The van der Waals surface area contributed by atoms with Gasteiger partial charge >= 0.3 is 0 Å². The van der Waals surface area contributed by atoms with Crippen molar-refractivity contribution in [2.75, 3.05) is 11.9 Å². The highest BCUT2D eigenvalue weighted by Crippen LogP contribution is 2.43. The Morgan fingerprint density at radius 3 is 3.12 bits per heavy atom. The average molecular weight is 458 g/mol. The summed E-state index contributed by atoms with van der Waals surface area (Å²) in [6, 6.07) is 6.37. The van der Waals surface area contributed by atoms with E-state index in [-0.39, 0.29) is 12.1 Å². The maximum Gasteiger partial charge on any atom is 0.131 e. The number of fused-ring (bicyclic) bond motifs is 1. The van der Waals surface area contributed by atoms with Crippen LogP contribution in [0.25, 0.3) is 10.2 Å². The van der Waals surface area contributed by atoms with Crippen LogP contribution in [0, 0.1) is 0 Å². The maximum atomic E-state index is 6.36. The van der Waals surface area contributed by atoms with Crippen LogP contribution in [-0.2, 0) is 6.54 Å². The number of rotatable bonds is 4. The number of nitrogens with zero attached hydrogens (tertiary/aromatic N) is 1. The fourth-order valence-electron chi connectivity index (χ4n) is 3.15. The molecule has 1 aliphatic rings. The number of hydrogen-bond acceptors (Lipinski definition) is 6. The number of hydrogen-bond donors (Lipinski definition) is 3. The zero-order valence-electron chi connectivity index (χ0n) is 13.4. The molecule has 0 unspecified atom stereocenters. The van der Waals surface area contributed by atoms with Crippen molar-refractivity contribution in [2.45, 2.75) is 31.5 Å². The van der Waals surface area contributed by atoms with Crippen molar-refractivity contribution in [3.8, 4) is 0 Å². The molecule has 0 bridgehead atoms. The highest BCUT2D eigenvalue weighted by molar-refractivity contribution is 9.10. The molecular formula is C17H18BrClN4S2. The lowest BCUT2D eigenvalue weighted by atomic mass is 9.98. The highest BCUT2D eigenvalue weighted by Gasteiger charge is 2.28. The zero-order valence-corrected chi connectivity index (χ0v) is 17.4. The molecule has 4 rings (SSSR count). The molecule has 0 aliphatic carbocycles. The monoisotopic (exact) mass is 456 g/mol. The number of halogens is 2. The van der Waals surface area contributed by atoms with Gasteiger partial charge in [0.1, 0.15) is 5.15 Å². The first kappa shape index (κ1) is 17.7. The fourth-order valence-corrected chi connectivity index (χ4v) is 6.18. The minimum absolute atomic E-state index is 0.121. The van der Waals surface area contributed by atoms with Crippen LogP contribution >= 0.6 is 50.2 Å². The van der Waals surface area contributed by atoms with E-state index < -0.39 is 0 Å². The van der Waals surface area contributed by atoms with Crippen LogP contribution in [0.2, 0.25) is 5.15 Å². The van der Waals surface area contributed by atoms with Gasteiger partial charge in [-0.1, -0.05) is 17.7 Å². The standard InChI is InChI=1S/C17H18BrClN4S2/c18-13-15-16(25-17(13)14-10(20)4-1-5-21-14)11(7-12(19)23-15)22-8-9-3-2-6-24-9/h2-3,6-7,10,14,21H,1,4-5,8,20H2,(H,22,23)/t10-,14-/m0/s1. The van der Waals surface area contributed by atoms with Crippen molar-refractivity contribution in [1.82, 2.24) is 10.3 Å². The molecule has 2 atom stereocenters. The van der Waals surface area contributed by atoms with E-state index in [0.29, 0.717) is 5.15 Å². The molecule has 0 amide bonds. The van der Waals surface area contributed by atoms with Gasteiger partial charge < -0.3 is 16.4 Å². The Kier molecular flexibility index (Phi) is 5.31. The van der Waals surface area contributed by atoms with Gasteiger partial charge in [-0.2, -0.15) is 0 Å². The lowest BCUT2D eigenvalue weighted by Crippen LogP contribution is -2.42. The molecule has 25 heavy (non-hydrogen) atoms.